The van der Waals surface area contributed by atoms with Crippen LogP contribution in [0.1, 0.15) is 124 Å². The van der Waals surface area contributed by atoms with Gasteiger partial charge in [0.15, 0.2) is 0 Å². The maximum Gasteiger partial charge on any atom is 0.529 e. The maximum atomic E-state index is 6.35. The third-order valence-corrected chi connectivity index (χ3v) is 7.41. The standard InChI is InChI=1S/C24H50O3Si/c1-5-9-13-14-15-16-20-24-28(25-21-17-10-6-2,26-22-18-11-7-3)27-23-19-12-8-4/h20,24H,5-19,21-23H2,1-4H3. The summed E-state index contributed by atoms with van der Waals surface area (Å²) < 4.78 is 19.0. The number of hydrogen-bond donors (Lipinski definition) is 0. The average molecular weight is 415 g/mol. The molecule has 0 rings (SSSR count). The van der Waals surface area contributed by atoms with Crippen molar-refractivity contribution in [3.05, 3.63) is 11.8 Å². The zero-order valence-corrected chi connectivity index (χ0v) is 20.6. The van der Waals surface area contributed by atoms with E-state index >= 15 is 0 Å². The minimum atomic E-state index is -2.70. The minimum absolute atomic E-state index is 0.752. The van der Waals surface area contributed by atoms with Gasteiger partial charge in [-0.25, -0.2) is 0 Å². The van der Waals surface area contributed by atoms with Gasteiger partial charge in [0.05, 0.1) is 0 Å². The Hall–Kier alpha value is -0.163. The Bertz CT molecular complexity index is 303. The smallest absolute Gasteiger partial charge is 0.370 e. The van der Waals surface area contributed by atoms with Gasteiger partial charge in [-0.1, -0.05) is 98.0 Å². The lowest BCUT2D eigenvalue weighted by Crippen LogP contribution is -2.45. The maximum absolute atomic E-state index is 6.35. The molecule has 0 radical (unpaired) electrons. The monoisotopic (exact) mass is 414 g/mol. The first kappa shape index (κ1) is 27.8. The zero-order chi connectivity index (χ0) is 20.8. The van der Waals surface area contributed by atoms with Crippen molar-refractivity contribution in [1.29, 1.82) is 0 Å². The van der Waals surface area contributed by atoms with Crippen molar-refractivity contribution in [3.8, 4) is 0 Å². The van der Waals surface area contributed by atoms with E-state index < -0.39 is 8.80 Å². The molecule has 0 aliphatic heterocycles. The molecule has 3 nitrogen and oxygen atoms in total. The molecule has 0 aliphatic carbocycles. The van der Waals surface area contributed by atoms with Crippen LogP contribution in [0.5, 0.6) is 0 Å². The quantitative estimate of drug-likeness (QED) is 0.133. The van der Waals surface area contributed by atoms with Crippen LogP contribution in [-0.4, -0.2) is 28.6 Å². The molecule has 0 fully saturated rings. The summed E-state index contributed by atoms with van der Waals surface area (Å²) in [6.07, 6.45) is 20.5. The number of hydrogen-bond acceptors (Lipinski definition) is 3. The van der Waals surface area contributed by atoms with Gasteiger partial charge in [-0.05, 0) is 37.8 Å². The van der Waals surface area contributed by atoms with Crippen LogP contribution in [0.25, 0.3) is 0 Å². The topological polar surface area (TPSA) is 27.7 Å². The summed E-state index contributed by atoms with van der Waals surface area (Å²) in [7, 11) is -2.70. The van der Waals surface area contributed by atoms with E-state index in [0.29, 0.717) is 0 Å². The van der Waals surface area contributed by atoms with E-state index in [9.17, 15) is 0 Å². The molecule has 0 bridgehead atoms. The molecule has 0 aromatic rings. The predicted molar refractivity (Wildman–Crippen MR) is 125 cm³/mol. The number of rotatable bonds is 22. The van der Waals surface area contributed by atoms with E-state index in [-0.39, 0.29) is 0 Å². The van der Waals surface area contributed by atoms with Gasteiger partial charge < -0.3 is 13.3 Å². The molecule has 0 aromatic heterocycles. The first-order valence-corrected chi connectivity index (χ1v) is 14.1. The summed E-state index contributed by atoms with van der Waals surface area (Å²) in [5.41, 5.74) is 2.19. The first-order valence-electron chi connectivity index (χ1n) is 12.3. The lowest BCUT2D eigenvalue weighted by Gasteiger charge is -2.27. The van der Waals surface area contributed by atoms with Gasteiger partial charge in [0, 0.05) is 19.8 Å². The molecule has 0 saturated carbocycles. The van der Waals surface area contributed by atoms with Crippen molar-refractivity contribution in [1.82, 2.24) is 0 Å². The van der Waals surface area contributed by atoms with Gasteiger partial charge in [-0.2, -0.15) is 0 Å². The van der Waals surface area contributed by atoms with E-state index in [1.54, 1.807) is 0 Å². The minimum Gasteiger partial charge on any atom is -0.370 e. The third-order valence-electron chi connectivity index (χ3n) is 4.95. The third kappa shape index (κ3) is 16.8. The van der Waals surface area contributed by atoms with Crippen molar-refractivity contribution < 1.29 is 13.3 Å². The summed E-state index contributed by atoms with van der Waals surface area (Å²) in [6.45, 7) is 11.2. The van der Waals surface area contributed by atoms with Gasteiger partial charge in [0.25, 0.3) is 0 Å². The van der Waals surface area contributed by atoms with Crippen molar-refractivity contribution in [2.45, 2.75) is 124 Å². The van der Waals surface area contributed by atoms with Crippen LogP contribution in [0.2, 0.25) is 0 Å². The highest BCUT2D eigenvalue weighted by Gasteiger charge is 2.38. The van der Waals surface area contributed by atoms with Gasteiger partial charge in [-0.15, -0.1) is 0 Å². The molecule has 0 aliphatic rings. The normalized spacial score (nSPS) is 12.3. The molecule has 0 atom stereocenters. The molecule has 0 saturated heterocycles. The van der Waals surface area contributed by atoms with Crippen LogP contribution in [-0.2, 0) is 13.3 Å². The Morgan fingerprint density at radius 1 is 0.500 bits per heavy atom. The highest BCUT2D eigenvalue weighted by atomic mass is 28.4. The second-order valence-corrected chi connectivity index (χ2v) is 10.3. The second-order valence-electron chi connectivity index (χ2n) is 7.88. The molecule has 0 N–H and O–H groups in total. The SMILES string of the molecule is CCCCCCCC=C[Si](OCCCCC)(OCCCCC)OCCCCC. The van der Waals surface area contributed by atoms with Crippen LogP contribution in [0.15, 0.2) is 11.8 Å². The molecule has 0 unspecified atom stereocenters. The number of unbranched alkanes of at least 4 members (excludes halogenated alkanes) is 11. The molecule has 0 spiro atoms. The van der Waals surface area contributed by atoms with Crippen LogP contribution >= 0.6 is 0 Å². The van der Waals surface area contributed by atoms with Crippen molar-refractivity contribution in [2.24, 2.45) is 0 Å². The predicted octanol–water partition coefficient (Wildman–Crippen LogP) is 8.00. The Morgan fingerprint density at radius 3 is 1.32 bits per heavy atom. The molecule has 28 heavy (non-hydrogen) atoms. The van der Waals surface area contributed by atoms with E-state index in [1.807, 2.05) is 0 Å². The molecular weight excluding hydrogens is 364 g/mol. The van der Waals surface area contributed by atoms with E-state index in [4.69, 9.17) is 13.3 Å². The van der Waals surface area contributed by atoms with Crippen molar-refractivity contribution >= 4 is 8.80 Å². The van der Waals surface area contributed by atoms with Gasteiger partial charge in [-0.3, -0.25) is 0 Å². The van der Waals surface area contributed by atoms with Gasteiger partial charge in [0.1, 0.15) is 0 Å². The Kier molecular flexibility index (Phi) is 21.4. The first-order chi connectivity index (χ1) is 13.7. The van der Waals surface area contributed by atoms with Gasteiger partial charge in [0.2, 0.25) is 0 Å². The Balaban J connectivity index is 4.75. The number of allylic oxidation sites excluding steroid dienone is 1. The van der Waals surface area contributed by atoms with Crippen molar-refractivity contribution in [2.75, 3.05) is 19.8 Å². The van der Waals surface area contributed by atoms with Crippen LogP contribution in [0, 0.1) is 0 Å². The zero-order valence-electron chi connectivity index (χ0n) is 19.6. The Labute approximate surface area is 178 Å². The fourth-order valence-electron chi connectivity index (χ4n) is 3.06. The van der Waals surface area contributed by atoms with E-state index in [1.165, 1.54) is 70.6 Å². The van der Waals surface area contributed by atoms with E-state index in [2.05, 4.69) is 39.5 Å². The van der Waals surface area contributed by atoms with Crippen LogP contribution in [0.3, 0.4) is 0 Å². The Morgan fingerprint density at radius 2 is 0.893 bits per heavy atom. The molecule has 0 amide bonds. The summed E-state index contributed by atoms with van der Waals surface area (Å²) in [5, 5.41) is 0. The highest BCUT2D eigenvalue weighted by molar-refractivity contribution is 6.66. The lowest BCUT2D eigenvalue weighted by molar-refractivity contribution is 0.0675. The summed E-state index contributed by atoms with van der Waals surface area (Å²) in [6, 6.07) is 0. The fourth-order valence-corrected chi connectivity index (χ4v) is 5.34. The van der Waals surface area contributed by atoms with E-state index in [0.717, 1.165) is 45.5 Å². The highest BCUT2D eigenvalue weighted by Crippen LogP contribution is 2.17. The van der Waals surface area contributed by atoms with Crippen LogP contribution < -0.4 is 0 Å². The molecule has 0 heterocycles. The second kappa shape index (κ2) is 21.5. The summed E-state index contributed by atoms with van der Waals surface area (Å²) in [4.78, 5) is 0. The molecule has 0 aromatic carbocycles. The van der Waals surface area contributed by atoms with Gasteiger partial charge >= 0.3 is 8.80 Å². The largest absolute Gasteiger partial charge is 0.529 e. The fraction of sp³-hybridized carbons (Fsp3) is 0.917. The summed E-state index contributed by atoms with van der Waals surface area (Å²) in [5.74, 6) is 0. The average Bonchev–Trinajstić information content (AvgIpc) is 2.71. The molecule has 168 valence electrons. The summed E-state index contributed by atoms with van der Waals surface area (Å²) >= 11 is 0. The van der Waals surface area contributed by atoms with Crippen LogP contribution in [0.4, 0.5) is 0 Å². The van der Waals surface area contributed by atoms with Crippen molar-refractivity contribution in [3.63, 3.8) is 0 Å². The molecule has 4 heteroatoms. The molecular formula is C24H50O3Si. The lowest BCUT2D eigenvalue weighted by atomic mass is 10.1.